The fraction of sp³-hybridized carbons (Fsp3) is 0.100. The molecule has 0 unspecified atom stereocenters. The molecule has 0 atom stereocenters. The number of benzene rings is 1. The van der Waals surface area contributed by atoms with Gasteiger partial charge < -0.3 is 4.74 Å². The highest BCUT2D eigenvalue weighted by atomic mass is 16.5. The molecule has 0 heterocycles. The molecule has 61 valence electrons. The van der Waals surface area contributed by atoms with Gasteiger partial charge in [0, 0.05) is 5.56 Å². The van der Waals surface area contributed by atoms with Crippen LogP contribution in [0.5, 0.6) is 0 Å². The van der Waals surface area contributed by atoms with Crippen molar-refractivity contribution < 1.29 is 4.74 Å². The van der Waals surface area contributed by atoms with Gasteiger partial charge in [0.2, 0.25) is 5.90 Å². The lowest BCUT2D eigenvalue weighted by Gasteiger charge is -2.03. The van der Waals surface area contributed by atoms with Gasteiger partial charge in [-0.3, -0.25) is 5.41 Å². The third-order valence-electron chi connectivity index (χ3n) is 1.30. The first-order valence-electron chi connectivity index (χ1n) is 3.64. The highest BCUT2D eigenvalue weighted by molar-refractivity contribution is 5.91. The van der Waals surface area contributed by atoms with E-state index in [1.807, 2.05) is 12.1 Å². The van der Waals surface area contributed by atoms with Gasteiger partial charge in [0.05, 0.1) is 0 Å². The van der Waals surface area contributed by atoms with Crippen LogP contribution in [0.4, 0.5) is 0 Å². The second kappa shape index (κ2) is 4.34. The summed E-state index contributed by atoms with van der Waals surface area (Å²) >= 11 is 0. The largest absolute Gasteiger partial charge is 0.473 e. The lowest BCUT2D eigenvalue weighted by Crippen LogP contribution is -2.04. The second-order valence-corrected chi connectivity index (χ2v) is 2.21. The summed E-state index contributed by atoms with van der Waals surface area (Å²) in [5.74, 6) is 0.135. The Labute approximate surface area is 72.0 Å². The van der Waals surface area contributed by atoms with E-state index in [0.717, 1.165) is 0 Å². The maximum Gasteiger partial charge on any atom is 0.214 e. The third kappa shape index (κ3) is 2.23. The molecule has 0 aromatic heterocycles. The van der Waals surface area contributed by atoms with Gasteiger partial charge in [-0.25, -0.2) is 0 Å². The molecule has 0 amide bonds. The first-order chi connectivity index (χ1) is 5.84. The average molecular weight is 160 g/mol. The van der Waals surface area contributed by atoms with Crippen molar-refractivity contribution in [2.75, 3.05) is 6.61 Å². The third-order valence-corrected chi connectivity index (χ3v) is 1.30. The molecule has 0 aliphatic carbocycles. The molecule has 0 aliphatic rings. The highest BCUT2D eigenvalue weighted by Crippen LogP contribution is 1.99. The summed E-state index contributed by atoms with van der Waals surface area (Å²) in [6.07, 6.45) is 1.61. The number of nitrogens with one attached hydrogen (secondary N) is 1. The van der Waals surface area contributed by atoms with Crippen LogP contribution in [0.3, 0.4) is 0 Å². The molecule has 12 heavy (non-hydrogen) atoms. The molecule has 0 aliphatic heterocycles. The van der Waals surface area contributed by atoms with Gasteiger partial charge in [-0.05, 0) is 12.1 Å². The zero-order valence-corrected chi connectivity index (χ0v) is 6.71. The molecule has 1 aromatic rings. The Bertz CT molecular complexity index is 266. The molecule has 0 fully saturated rings. The van der Waals surface area contributed by atoms with E-state index < -0.39 is 0 Å². The Morgan fingerprint density at radius 3 is 3.08 bits per heavy atom. The minimum Gasteiger partial charge on any atom is -0.473 e. The molecule has 2 heteroatoms. The molecule has 1 aromatic carbocycles. The number of hydrogen-bond donors (Lipinski definition) is 1. The highest BCUT2D eigenvalue weighted by Gasteiger charge is 1.98. The molecule has 1 rings (SSSR count). The normalized spacial score (nSPS) is 9.00. The number of ether oxygens (including phenoxy) is 1. The molecule has 2 nitrogen and oxygen atoms in total. The zero-order chi connectivity index (χ0) is 8.81. The van der Waals surface area contributed by atoms with Gasteiger partial charge in [-0.1, -0.05) is 30.9 Å². The SMILES string of the molecule is C=CCOC(=N)c1[c]cccc1. The minimum atomic E-state index is 0.135. The van der Waals surface area contributed by atoms with E-state index in [1.54, 1.807) is 18.2 Å². The number of hydrogen-bond acceptors (Lipinski definition) is 2. The first-order valence-corrected chi connectivity index (χ1v) is 3.64. The smallest absolute Gasteiger partial charge is 0.214 e. The van der Waals surface area contributed by atoms with Crippen LogP contribution < -0.4 is 0 Å². The van der Waals surface area contributed by atoms with E-state index in [-0.39, 0.29) is 5.90 Å². The Kier molecular flexibility index (Phi) is 3.08. The van der Waals surface area contributed by atoms with E-state index >= 15 is 0 Å². The quantitative estimate of drug-likeness (QED) is 0.409. The van der Waals surface area contributed by atoms with E-state index in [4.69, 9.17) is 10.1 Å². The van der Waals surface area contributed by atoms with E-state index in [2.05, 4.69) is 12.6 Å². The first kappa shape index (κ1) is 8.53. The predicted octanol–water partition coefficient (Wildman–Crippen LogP) is 2.01. The van der Waals surface area contributed by atoms with Gasteiger partial charge >= 0.3 is 0 Å². The van der Waals surface area contributed by atoms with Crippen LogP contribution in [0.2, 0.25) is 0 Å². The van der Waals surface area contributed by atoms with Crippen molar-refractivity contribution in [1.82, 2.24) is 0 Å². The lowest BCUT2D eigenvalue weighted by atomic mass is 10.2. The summed E-state index contributed by atoms with van der Waals surface area (Å²) in [5, 5.41) is 7.43. The van der Waals surface area contributed by atoms with Crippen LogP contribution in [-0.4, -0.2) is 12.5 Å². The van der Waals surface area contributed by atoms with Gasteiger partial charge in [0.15, 0.2) is 0 Å². The molecule has 0 bridgehead atoms. The Morgan fingerprint density at radius 1 is 1.67 bits per heavy atom. The van der Waals surface area contributed by atoms with Crippen molar-refractivity contribution in [1.29, 1.82) is 5.41 Å². The topological polar surface area (TPSA) is 33.1 Å². The summed E-state index contributed by atoms with van der Waals surface area (Å²) in [6, 6.07) is 10.1. The molecule has 1 N–H and O–H groups in total. The average Bonchev–Trinajstić information content (AvgIpc) is 2.15. The summed E-state index contributed by atoms with van der Waals surface area (Å²) in [6.45, 7) is 3.86. The Hall–Kier alpha value is -1.57. The monoisotopic (exact) mass is 160 g/mol. The predicted molar refractivity (Wildman–Crippen MR) is 48.3 cm³/mol. The van der Waals surface area contributed by atoms with E-state index in [0.29, 0.717) is 12.2 Å². The second-order valence-electron chi connectivity index (χ2n) is 2.21. The van der Waals surface area contributed by atoms with Crippen molar-refractivity contribution in [2.24, 2.45) is 0 Å². The fourth-order valence-electron chi connectivity index (χ4n) is 0.755. The Morgan fingerprint density at radius 2 is 2.50 bits per heavy atom. The van der Waals surface area contributed by atoms with Crippen LogP contribution in [0.25, 0.3) is 0 Å². The van der Waals surface area contributed by atoms with Gasteiger partial charge in [0.25, 0.3) is 0 Å². The fourth-order valence-corrected chi connectivity index (χ4v) is 0.755. The molecular formula is C10H10NO. The van der Waals surface area contributed by atoms with Gasteiger partial charge in [-0.15, -0.1) is 0 Å². The van der Waals surface area contributed by atoms with E-state index in [9.17, 15) is 0 Å². The molecule has 1 radical (unpaired) electrons. The zero-order valence-electron chi connectivity index (χ0n) is 6.71. The summed E-state index contributed by atoms with van der Waals surface area (Å²) in [5.41, 5.74) is 0.666. The maximum absolute atomic E-state index is 7.43. The van der Waals surface area contributed by atoms with E-state index in [1.165, 1.54) is 0 Å². The van der Waals surface area contributed by atoms with Crippen LogP contribution in [0, 0.1) is 11.5 Å². The summed E-state index contributed by atoms with van der Waals surface area (Å²) in [4.78, 5) is 0. The van der Waals surface area contributed by atoms with Crippen molar-refractivity contribution in [2.45, 2.75) is 0 Å². The summed E-state index contributed by atoms with van der Waals surface area (Å²) < 4.78 is 5.01. The van der Waals surface area contributed by atoms with Crippen molar-refractivity contribution in [3.05, 3.63) is 48.6 Å². The molecule has 0 saturated carbocycles. The van der Waals surface area contributed by atoms with Crippen LogP contribution in [-0.2, 0) is 4.74 Å². The van der Waals surface area contributed by atoms with Crippen molar-refractivity contribution in [3.8, 4) is 0 Å². The Balaban J connectivity index is 2.59. The summed E-state index contributed by atoms with van der Waals surface area (Å²) in [7, 11) is 0. The molecular weight excluding hydrogens is 150 g/mol. The molecule has 0 spiro atoms. The standard InChI is InChI=1S/C10H10NO/c1-2-8-12-10(11)9-6-4-3-5-7-9/h2-6,11H,1,8H2. The van der Waals surface area contributed by atoms with Gasteiger partial charge in [0.1, 0.15) is 6.61 Å². The van der Waals surface area contributed by atoms with Crippen LogP contribution >= 0.6 is 0 Å². The lowest BCUT2D eigenvalue weighted by molar-refractivity contribution is 0.349. The van der Waals surface area contributed by atoms with Crippen molar-refractivity contribution >= 4 is 5.90 Å². The van der Waals surface area contributed by atoms with Crippen LogP contribution in [0.1, 0.15) is 5.56 Å². The van der Waals surface area contributed by atoms with Crippen LogP contribution in [0.15, 0.2) is 36.9 Å². The van der Waals surface area contributed by atoms with Gasteiger partial charge in [-0.2, -0.15) is 0 Å². The molecule has 0 saturated heterocycles. The number of rotatable bonds is 3. The van der Waals surface area contributed by atoms with Crippen molar-refractivity contribution in [3.63, 3.8) is 0 Å². The minimum absolute atomic E-state index is 0.135. The maximum atomic E-state index is 7.43.